The van der Waals surface area contributed by atoms with Crippen LogP contribution in [0.3, 0.4) is 0 Å². The molecule has 5 nitrogen and oxygen atoms in total. The fourth-order valence-electron chi connectivity index (χ4n) is 3.63. The zero-order valence-electron chi connectivity index (χ0n) is 15.7. The van der Waals surface area contributed by atoms with Crippen LogP contribution < -0.4 is 5.56 Å². The number of hydrogen-bond donors (Lipinski definition) is 0. The Labute approximate surface area is 169 Å². The highest BCUT2D eigenvalue weighted by atomic mass is 32.1. The summed E-state index contributed by atoms with van der Waals surface area (Å²) in [5.41, 5.74) is 3.39. The molecular weight excluding hydrogens is 387 g/mol. The summed E-state index contributed by atoms with van der Waals surface area (Å²) in [6.45, 7) is 2.92. The highest BCUT2D eigenvalue weighted by Gasteiger charge is 2.18. The third-order valence-corrected chi connectivity index (χ3v) is 6.07. The number of benzene rings is 1. The first-order valence-electron chi connectivity index (χ1n) is 9.22. The molecule has 0 unspecified atom stereocenters. The molecule has 0 aliphatic rings. The zero-order chi connectivity index (χ0) is 20.0. The van der Waals surface area contributed by atoms with Gasteiger partial charge in [0.25, 0.3) is 5.56 Å². The van der Waals surface area contributed by atoms with E-state index < -0.39 is 0 Å². The van der Waals surface area contributed by atoms with Crippen LogP contribution in [0.2, 0.25) is 0 Å². The van der Waals surface area contributed by atoms with E-state index in [9.17, 15) is 9.18 Å². The second-order valence-electron chi connectivity index (χ2n) is 7.01. The zero-order valence-corrected chi connectivity index (χ0v) is 16.5. The fraction of sp³-hybridized carbons (Fsp3) is 0.136. The summed E-state index contributed by atoms with van der Waals surface area (Å²) in [6, 6.07) is 12.2. The number of halogens is 1. The minimum Gasteiger partial charge on any atom is -0.331 e. The fourth-order valence-corrected chi connectivity index (χ4v) is 4.66. The normalized spacial score (nSPS) is 11.5. The van der Waals surface area contributed by atoms with Crippen molar-refractivity contribution in [2.24, 2.45) is 0 Å². The molecule has 7 heteroatoms. The van der Waals surface area contributed by atoms with E-state index in [0.29, 0.717) is 18.6 Å². The second kappa shape index (κ2) is 6.93. The number of rotatable bonds is 4. The van der Waals surface area contributed by atoms with E-state index in [0.717, 1.165) is 26.7 Å². The molecule has 1 aromatic carbocycles. The van der Waals surface area contributed by atoms with Crippen molar-refractivity contribution in [1.82, 2.24) is 19.3 Å². The Kier molecular flexibility index (Phi) is 4.24. The van der Waals surface area contributed by atoms with Gasteiger partial charge in [-0.25, -0.2) is 9.07 Å². The molecule has 0 amide bonds. The molecule has 0 saturated carbocycles. The number of aryl methyl sites for hydroxylation is 1. The molecule has 0 spiro atoms. The molecule has 0 bridgehead atoms. The highest BCUT2D eigenvalue weighted by Crippen LogP contribution is 2.34. The summed E-state index contributed by atoms with van der Waals surface area (Å²) in [4.78, 5) is 18.6. The molecular formula is C22H17FN4OS. The summed E-state index contributed by atoms with van der Waals surface area (Å²) in [5, 5.41) is 5.28. The van der Waals surface area contributed by atoms with Gasteiger partial charge in [-0.1, -0.05) is 12.1 Å². The Morgan fingerprint density at radius 3 is 2.52 bits per heavy atom. The standard InChI is InChI=1S/C22H17FN4OS/c1-14-10-19-21(29-14)18-11-25-27(13-16-6-8-24-9-7-16)22(28)20(18)26(19)12-15-2-4-17(23)5-3-15/h2-11H,12-13H2,1H3. The molecule has 0 aliphatic heterocycles. The molecule has 5 rings (SSSR count). The number of aromatic nitrogens is 4. The number of fused-ring (bicyclic) bond motifs is 3. The molecule has 4 heterocycles. The molecule has 4 aromatic heterocycles. The van der Waals surface area contributed by atoms with Crippen LogP contribution in [0.15, 0.2) is 65.8 Å². The summed E-state index contributed by atoms with van der Waals surface area (Å²) in [5.74, 6) is -0.272. The van der Waals surface area contributed by atoms with Crippen LogP contribution in [0.1, 0.15) is 16.0 Å². The lowest BCUT2D eigenvalue weighted by Crippen LogP contribution is -2.25. The van der Waals surface area contributed by atoms with Crippen molar-refractivity contribution in [2.75, 3.05) is 0 Å². The van der Waals surface area contributed by atoms with Gasteiger partial charge in [0.2, 0.25) is 0 Å². The smallest absolute Gasteiger partial charge is 0.291 e. The van der Waals surface area contributed by atoms with E-state index in [-0.39, 0.29) is 11.4 Å². The van der Waals surface area contributed by atoms with Crippen molar-refractivity contribution in [1.29, 1.82) is 0 Å². The van der Waals surface area contributed by atoms with Crippen LogP contribution in [0.4, 0.5) is 4.39 Å². The van der Waals surface area contributed by atoms with Crippen molar-refractivity contribution >= 4 is 32.5 Å². The Morgan fingerprint density at radius 1 is 1.03 bits per heavy atom. The minimum absolute atomic E-state index is 0.137. The van der Waals surface area contributed by atoms with Crippen LogP contribution in [0.5, 0.6) is 0 Å². The molecule has 0 radical (unpaired) electrons. The summed E-state index contributed by atoms with van der Waals surface area (Å²) < 4.78 is 17.9. The number of pyridine rings is 1. The van der Waals surface area contributed by atoms with Crippen molar-refractivity contribution in [3.63, 3.8) is 0 Å². The summed E-state index contributed by atoms with van der Waals surface area (Å²) in [6.07, 6.45) is 5.18. The monoisotopic (exact) mass is 404 g/mol. The van der Waals surface area contributed by atoms with E-state index in [2.05, 4.69) is 23.1 Å². The Balaban J connectivity index is 1.70. The molecule has 0 atom stereocenters. The van der Waals surface area contributed by atoms with Gasteiger partial charge in [-0.15, -0.1) is 11.3 Å². The molecule has 0 aliphatic carbocycles. The Morgan fingerprint density at radius 2 is 1.76 bits per heavy atom. The lowest BCUT2D eigenvalue weighted by atomic mass is 10.2. The van der Waals surface area contributed by atoms with E-state index in [4.69, 9.17) is 0 Å². The third kappa shape index (κ3) is 3.13. The summed E-state index contributed by atoms with van der Waals surface area (Å²) in [7, 11) is 0. The van der Waals surface area contributed by atoms with Gasteiger partial charge in [-0.3, -0.25) is 9.78 Å². The van der Waals surface area contributed by atoms with Gasteiger partial charge >= 0.3 is 0 Å². The maximum atomic E-state index is 13.4. The van der Waals surface area contributed by atoms with Crippen molar-refractivity contribution in [3.05, 3.63) is 93.2 Å². The molecule has 0 fully saturated rings. The first-order valence-corrected chi connectivity index (χ1v) is 10.0. The molecule has 29 heavy (non-hydrogen) atoms. The lowest BCUT2D eigenvalue weighted by molar-refractivity contribution is 0.626. The topological polar surface area (TPSA) is 52.7 Å². The number of thiophene rings is 1. The third-order valence-electron chi connectivity index (χ3n) is 4.99. The van der Waals surface area contributed by atoms with Crippen LogP contribution in [0, 0.1) is 12.7 Å². The Bertz CT molecular complexity index is 1380. The maximum absolute atomic E-state index is 13.4. The second-order valence-corrected chi connectivity index (χ2v) is 8.27. The van der Waals surface area contributed by atoms with Crippen molar-refractivity contribution < 1.29 is 4.39 Å². The van der Waals surface area contributed by atoms with Gasteiger partial charge < -0.3 is 4.57 Å². The molecule has 0 saturated heterocycles. The van der Waals surface area contributed by atoms with Crippen molar-refractivity contribution in [2.45, 2.75) is 20.0 Å². The predicted octanol–water partition coefficient (Wildman–Crippen LogP) is 4.35. The van der Waals surface area contributed by atoms with Gasteiger partial charge in [0, 0.05) is 29.2 Å². The first kappa shape index (κ1) is 17.8. The predicted molar refractivity (Wildman–Crippen MR) is 113 cm³/mol. The lowest BCUT2D eigenvalue weighted by Gasteiger charge is -2.09. The van der Waals surface area contributed by atoms with Gasteiger partial charge in [0.05, 0.1) is 23.0 Å². The molecule has 5 aromatic rings. The molecule has 0 N–H and O–H groups in total. The first-order chi connectivity index (χ1) is 14.1. The highest BCUT2D eigenvalue weighted by molar-refractivity contribution is 7.20. The van der Waals surface area contributed by atoms with Crippen LogP contribution >= 0.6 is 11.3 Å². The van der Waals surface area contributed by atoms with E-state index in [1.54, 1.807) is 42.1 Å². The van der Waals surface area contributed by atoms with E-state index in [1.807, 2.05) is 16.7 Å². The van der Waals surface area contributed by atoms with Gasteiger partial charge in [-0.05, 0) is 48.4 Å². The number of hydrogen-bond acceptors (Lipinski definition) is 4. The van der Waals surface area contributed by atoms with E-state index in [1.165, 1.54) is 21.7 Å². The quantitative estimate of drug-likeness (QED) is 0.447. The van der Waals surface area contributed by atoms with Crippen LogP contribution in [-0.4, -0.2) is 19.3 Å². The molecule has 144 valence electrons. The van der Waals surface area contributed by atoms with Gasteiger partial charge in [-0.2, -0.15) is 5.10 Å². The SMILES string of the molecule is Cc1cc2c(s1)c1cnn(Cc3ccncc3)c(=O)c1n2Cc1ccc(F)cc1. The Hall–Kier alpha value is -3.32. The average molecular weight is 404 g/mol. The van der Waals surface area contributed by atoms with Crippen LogP contribution in [-0.2, 0) is 13.1 Å². The average Bonchev–Trinajstić information content (AvgIpc) is 3.23. The van der Waals surface area contributed by atoms with Gasteiger partial charge in [0.15, 0.2) is 0 Å². The maximum Gasteiger partial charge on any atom is 0.291 e. The summed E-state index contributed by atoms with van der Waals surface area (Å²) >= 11 is 1.66. The van der Waals surface area contributed by atoms with Crippen LogP contribution in [0.25, 0.3) is 21.1 Å². The minimum atomic E-state index is -0.272. The van der Waals surface area contributed by atoms with Gasteiger partial charge in [0.1, 0.15) is 11.3 Å². The number of nitrogens with zero attached hydrogens (tertiary/aromatic N) is 4. The largest absolute Gasteiger partial charge is 0.331 e. The van der Waals surface area contributed by atoms with Crippen molar-refractivity contribution in [3.8, 4) is 0 Å². The van der Waals surface area contributed by atoms with E-state index >= 15 is 0 Å².